The SMILES string of the molecule is Fc1ccccc1C(N=Nc1ccccc1)=NNc1ccccc1. The van der Waals surface area contributed by atoms with E-state index in [9.17, 15) is 4.39 Å². The highest BCUT2D eigenvalue weighted by atomic mass is 19.1. The van der Waals surface area contributed by atoms with E-state index in [4.69, 9.17) is 0 Å². The molecule has 0 aliphatic rings. The Morgan fingerprint density at radius 3 is 2.08 bits per heavy atom. The van der Waals surface area contributed by atoms with E-state index in [1.54, 1.807) is 18.2 Å². The summed E-state index contributed by atoms with van der Waals surface area (Å²) in [6, 6.07) is 24.9. The highest BCUT2D eigenvalue weighted by molar-refractivity contribution is 5.99. The molecule has 1 N–H and O–H groups in total. The Labute approximate surface area is 139 Å². The van der Waals surface area contributed by atoms with Gasteiger partial charge in [0.25, 0.3) is 0 Å². The summed E-state index contributed by atoms with van der Waals surface area (Å²) >= 11 is 0. The van der Waals surface area contributed by atoms with Crippen LogP contribution >= 0.6 is 0 Å². The molecule has 0 bridgehead atoms. The van der Waals surface area contributed by atoms with Gasteiger partial charge in [-0.3, -0.25) is 5.43 Å². The molecule has 0 aliphatic carbocycles. The average Bonchev–Trinajstić information content (AvgIpc) is 2.64. The van der Waals surface area contributed by atoms with Gasteiger partial charge in [-0.05, 0) is 36.4 Å². The molecule has 0 heterocycles. The maximum Gasteiger partial charge on any atom is 0.204 e. The standard InChI is InChI=1S/C19H15FN4/c20-18-14-8-7-13-17(18)19(23-21-15-9-3-1-4-10-15)24-22-16-11-5-2-6-12-16/h1-14,21H. The number of hydrogen-bond donors (Lipinski definition) is 1. The molecule has 0 fully saturated rings. The van der Waals surface area contributed by atoms with Gasteiger partial charge in [0.2, 0.25) is 5.84 Å². The molecule has 4 nitrogen and oxygen atoms in total. The second kappa shape index (κ2) is 7.78. The number of nitrogens with zero attached hydrogens (tertiary/aromatic N) is 3. The first-order valence-corrected chi connectivity index (χ1v) is 7.43. The maximum atomic E-state index is 14.1. The monoisotopic (exact) mass is 318 g/mol. The highest BCUT2D eigenvalue weighted by Crippen LogP contribution is 2.15. The molecule has 0 atom stereocenters. The third-order valence-corrected chi connectivity index (χ3v) is 3.20. The fraction of sp³-hybridized carbons (Fsp3) is 0. The van der Waals surface area contributed by atoms with Gasteiger partial charge in [0.15, 0.2) is 0 Å². The number of nitrogens with one attached hydrogen (secondary N) is 1. The number of para-hydroxylation sites is 1. The number of azo groups is 1. The van der Waals surface area contributed by atoms with Crippen LogP contribution in [0.3, 0.4) is 0 Å². The smallest absolute Gasteiger partial charge is 0.204 e. The van der Waals surface area contributed by atoms with Crippen molar-refractivity contribution in [1.82, 2.24) is 0 Å². The molecule has 0 saturated heterocycles. The summed E-state index contributed by atoms with van der Waals surface area (Å²) in [6.45, 7) is 0. The van der Waals surface area contributed by atoms with E-state index in [0.717, 1.165) is 5.69 Å². The molecule has 24 heavy (non-hydrogen) atoms. The average molecular weight is 318 g/mol. The van der Waals surface area contributed by atoms with Gasteiger partial charge in [-0.25, -0.2) is 4.39 Å². The van der Waals surface area contributed by atoms with E-state index < -0.39 is 5.82 Å². The molecule has 0 aliphatic heterocycles. The molecule has 5 heteroatoms. The molecule has 3 aromatic rings. The second-order valence-electron chi connectivity index (χ2n) is 4.93. The Hall–Kier alpha value is -3.34. The number of anilines is 1. The van der Waals surface area contributed by atoms with Crippen molar-refractivity contribution < 1.29 is 4.39 Å². The molecular formula is C19H15FN4. The second-order valence-corrected chi connectivity index (χ2v) is 4.93. The third-order valence-electron chi connectivity index (χ3n) is 3.20. The normalized spacial score (nSPS) is 11.6. The summed E-state index contributed by atoms with van der Waals surface area (Å²) in [6.07, 6.45) is 0. The summed E-state index contributed by atoms with van der Waals surface area (Å²) < 4.78 is 14.1. The number of amidine groups is 1. The first kappa shape index (κ1) is 15.6. The Morgan fingerprint density at radius 1 is 0.750 bits per heavy atom. The Balaban J connectivity index is 1.92. The van der Waals surface area contributed by atoms with Crippen molar-refractivity contribution in [2.24, 2.45) is 15.3 Å². The van der Waals surface area contributed by atoms with Crippen LogP contribution in [0.2, 0.25) is 0 Å². The maximum absolute atomic E-state index is 14.1. The minimum absolute atomic E-state index is 0.167. The van der Waals surface area contributed by atoms with Gasteiger partial charge >= 0.3 is 0 Å². The van der Waals surface area contributed by atoms with Crippen LogP contribution in [0.15, 0.2) is 100 Å². The van der Waals surface area contributed by atoms with E-state index >= 15 is 0 Å². The zero-order valence-electron chi connectivity index (χ0n) is 12.8. The van der Waals surface area contributed by atoms with Crippen LogP contribution < -0.4 is 5.43 Å². The van der Waals surface area contributed by atoms with E-state index in [2.05, 4.69) is 20.8 Å². The van der Waals surface area contributed by atoms with Crippen LogP contribution in [0.1, 0.15) is 5.56 Å². The summed E-state index contributed by atoms with van der Waals surface area (Å²) in [5.41, 5.74) is 4.60. The van der Waals surface area contributed by atoms with Gasteiger partial charge in [-0.15, -0.1) is 10.2 Å². The molecule has 3 aromatic carbocycles. The predicted molar refractivity (Wildman–Crippen MR) is 94.0 cm³/mol. The van der Waals surface area contributed by atoms with Crippen LogP contribution in [-0.2, 0) is 0 Å². The molecular weight excluding hydrogens is 303 g/mol. The summed E-state index contributed by atoms with van der Waals surface area (Å²) in [5.74, 6) is -0.237. The van der Waals surface area contributed by atoms with Crippen molar-refractivity contribution >= 4 is 17.2 Å². The summed E-state index contributed by atoms with van der Waals surface area (Å²) in [4.78, 5) is 0. The van der Waals surface area contributed by atoms with Crippen LogP contribution in [0.25, 0.3) is 0 Å². The molecule has 0 unspecified atom stereocenters. The Morgan fingerprint density at radius 2 is 1.38 bits per heavy atom. The fourth-order valence-corrected chi connectivity index (χ4v) is 2.01. The lowest BCUT2D eigenvalue weighted by Crippen LogP contribution is -2.03. The van der Waals surface area contributed by atoms with Gasteiger partial charge in [0, 0.05) is 0 Å². The number of halogens is 1. The predicted octanol–water partition coefficient (Wildman–Crippen LogP) is 5.38. The molecule has 0 saturated carbocycles. The topological polar surface area (TPSA) is 49.1 Å². The number of hydrogen-bond acceptors (Lipinski definition) is 3. The van der Waals surface area contributed by atoms with Crippen molar-refractivity contribution in [2.75, 3.05) is 5.43 Å². The van der Waals surface area contributed by atoms with Gasteiger partial charge < -0.3 is 0 Å². The zero-order chi connectivity index (χ0) is 16.6. The lowest BCUT2D eigenvalue weighted by Gasteiger charge is -2.04. The van der Waals surface area contributed by atoms with Gasteiger partial charge in [-0.1, -0.05) is 48.5 Å². The van der Waals surface area contributed by atoms with E-state index in [0.29, 0.717) is 5.69 Å². The number of hydrazone groups is 1. The molecule has 0 aromatic heterocycles. The van der Waals surface area contributed by atoms with Gasteiger partial charge in [0.05, 0.1) is 16.9 Å². The lowest BCUT2D eigenvalue weighted by molar-refractivity contribution is 0.625. The van der Waals surface area contributed by atoms with Crippen LogP contribution in [0, 0.1) is 5.82 Å². The minimum atomic E-state index is -0.405. The molecule has 0 radical (unpaired) electrons. The minimum Gasteiger partial charge on any atom is -0.276 e. The third kappa shape index (κ3) is 4.10. The van der Waals surface area contributed by atoms with Crippen LogP contribution in [-0.4, -0.2) is 5.84 Å². The zero-order valence-corrected chi connectivity index (χ0v) is 12.8. The quantitative estimate of drug-likeness (QED) is 0.298. The van der Waals surface area contributed by atoms with Crippen molar-refractivity contribution in [1.29, 1.82) is 0 Å². The fourth-order valence-electron chi connectivity index (χ4n) is 2.01. The molecule has 118 valence electrons. The van der Waals surface area contributed by atoms with Crippen LogP contribution in [0.5, 0.6) is 0 Å². The largest absolute Gasteiger partial charge is 0.276 e. The van der Waals surface area contributed by atoms with E-state index in [-0.39, 0.29) is 11.4 Å². The molecule has 0 amide bonds. The highest BCUT2D eigenvalue weighted by Gasteiger charge is 2.08. The van der Waals surface area contributed by atoms with E-state index in [1.165, 1.54) is 6.07 Å². The van der Waals surface area contributed by atoms with Gasteiger partial charge in [-0.2, -0.15) is 5.10 Å². The molecule has 3 rings (SSSR count). The lowest BCUT2D eigenvalue weighted by atomic mass is 10.2. The summed E-state index contributed by atoms with van der Waals surface area (Å²) in [5, 5.41) is 12.4. The van der Waals surface area contributed by atoms with Gasteiger partial charge in [0.1, 0.15) is 5.82 Å². The first-order chi connectivity index (χ1) is 11.8. The van der Waals surface area contributed by atoms with Crippen molar-refractivity contribution in [3.05, 3.63) is 96.3 Å². The van der Waals surface area contributed by atoms with Crippen molar-refractivity contribution in [3.63, 3.8) is 0 Å². The van der Waals surface area contributed by atoms with E-state index in [1.807, 2.05) is 60.7 Å². The first-order valence-electron chi connectivity index (χ1n) is 7.43. The number of benzene rings is 3. The molecule has 0 spiro atoms. The number of rotatable bonds is 4. The Kier molecular flexibility index (Phi) is 5.04. The van der Waals surface area contributed by atoms with Crippen molar-refractivity contribution in [3.8, 4) is 0 Å². The van der Waals surface area contributed by atoms with Crippen LogP contribution in [0.4, 0.5) is 15.8 Å². The van der Waals surface area contributed by atoms with Crippen molar-refractivity contribution in [2.45, 2.75) is 0 Å². The Bertz CT molecular complexity index is 846. The summed E-state index contributed by atoms with van der Waals surface area (Å²) in [7, 11) is 0.